The summed E-state index contributed by atoms with van der Waals surface area (Å²) in [5, 5.41) is 5.31. The van der Waals surface area contributed by atoms with Crippen molar-refractivity contribution in [3.8, 4) is 28.1 Å². The van der Waals surface area contributed by atoms with Gasteiger partial charge in [-0.25, -0.2) is 0 Å². The molecule has 0 amide bonds. The van der Waals surface area contributed by atoms with Crippen molar-refractivity contribution in [2.24, 2.45) is 7.05 Å². The number of nitrogens with zero attached hydrogens (tertiary/aromatic N) is 2. The molecule has 9 heteroatoms. The number of aryl methyl sites for hydroxylation is 3. The van der Waals surface area contributed by atoms with Crippen LogP contribution in [-0.2, 0) is 37.3 Å². The summed E-state index contributed by atoms with van der Waals surface area (Å²) in [6.07, 6.45) is 2.95. The third-order valence-corrected chi connectivity index (χ3v) is 8.37. The van der Waals surface area contributed by atoms with Gasteiger partial charge >= 0.3 is 0 Å². The van der Waals surface area contributed by atoms with Crippen LogP contribution in [0.1, 0.15) is 41.6 Å². The smallest absolute Gasteiger partial charge is 0.127 e. The molecule has 0 N–H and O–H groups in total. The van der Waals surface area contributed by atoms with Gasteiger partial charge in [-0.2, -0.15) is 5.10 Å². The molecule has 4 rings (SSSR count). The van der Waals surface area contributed by atoms with E-state index in [1.807, 2.05) is 62.0 Å². The monoisotopic (exact) mass is 678 g/mol. The molecule has 0 aliphatic heterocycles. The summed E-state index contributed by atoms with van der Waals surface area (Å²) in [5.74, 6) is 0.880. The van der Waals surface area contributed by atoms with Gasteiger partial charge in [0.1, 0.15) is 5.75 Å². The summed E-state index contributed by atoms with van der Waals surface area (Å²) in [7, 11) is 1.98. The molecular weight excluding hydrogens is 628 g/mol. The van der Waals surface area contributed by atoms with Gasteiger partial charge in [0.2, 0.25) is 0 Å². The molecule has 0 fully saturated rings. The number of benzene rings is 3. The third kappa shape index (κ3) is 12.3. The highest BCUT2D eigenvalue weighted by molar-refractivity contribution is 6.31. The Hall–Kier alpha value is -3.24. The lowest BCUT2D eigenvalue weighted by Gasteiger charge is -2.18. The van der Waals surface area contributed by atoms with Crippen LogP contribution in [-0.4, -0.2) is 75.8 Å². The Kier molecular flexibility index (Phi) is 16.4. The maximum atomic E-state index is 6.37. The summed E-state index contributed by atoms with van der Waals surface area (Å²) in [6, 6.07) is 22.6. The lowest BCUT2D eigenvalue weighted by atomic mass is 9.93. The number of hydrogen-bond donors (Lipinski definition) is 0. The number of unbranched alkanes of at least 4 members (excludes halogenated alkanes) is 2. The first-order chi connectivity index (χ1) is 23.4. The minimum atomic E-state index is 0.540. The van der Waals surface area contributed by atoms with Crippen LogP contribution < -0.4 is 4.74 Å². The topological polar surface area (TPSA) is 73.2 Å². The quantitative estimate of drug-likeness (QED) is 0.0733. The molecule has 0 atom stereocenters. The van der Waals surface area contributed by atoms with Gasteiger partial charge in [0.05, 0.1) is 77.5 Å². The van der Waals surface area contributed by atoms with Crippen molar-refractivity contribution in [3.05, 3.63) is 94.1 Å². The van der Waals surface area contributed by atoms with Crippen molar-refractivity contribution in [1.82, 2.24) is 9.78 Å². The maximum absolute atomic E-state index is 6.37. The van der Waals surface area contributed by atoms with Gasteiger partial charge in [-0.05, 0) is 92.6 Å². The van der Waals surface area contributed by atoms with Crippen LogP contribution in [0.15, 0.2) is 66.7 Å². The molecule has 260 valence electrons. The second-order valence-electron chi connectivity index (χ2n) is 11.8. The Bertz CT molecular complexity index is 1510. The zero-order valence-corrected chi connectivity index (χ0v) is 29.7. The molecule has 0 aliphatic rings. The number of ether oxygens (including phenoxy) is 6. The highest BCUT2D eigenvalue weighted by Crippen LogP contribution is 2.40. The van der Waals surface area contributed by atoms with Gasteiger partial charge in [-0.1, -0.05) is 48.0 Å². The SMILES string of the molecule is Cc1cc(-c2ccc(OCCCCCOCCOCCOCCOCCOCc3ccccc3)c(-c3ccc(Cl)c(C)c3)c2C)n(C)n1. The van der Waals surface area contributed by atoms with E-state index in [-0.39, 0.29) is 0 Å². The summed E-state index contributed by atoms with van der Waals surface area (Å²) < 4.78 is 36.3. The van der Waals surface area contributed by atoms with Crippen molar-refractivity contribution in [2.75, 3.05) is 66.1 Å². The van der Waals surface area contributed by atoms with E-state index in [2.05, 4.69) is 42.4 Å². The molecule has 0 unspecified atom stereocenters. The van der Waals surface area contributed by atoms with Gasteiger partial charge < -0.3 is 28.4 Å². The highest BCUT2D eigenvalue weighted by Gasteiger charge is 2.17. The first kappa shape index (κ1) is 37.6. The van der Waals surface area contributed by atoms with Gasteiger partial charge in [0.25, 0.3) is 0 Å². The van der Waals surface area contributed by atoms with Crippen molar-refractivity contribution in [1.29, 1.82) is 0 Å². The third-order valence-electron chi connectivity index (χ3n) is 7.94. The van der Waals surface area contributed by atoms with Crippen LogP contribution in [0.3, 0.4) is 0 Å². The van der Waals surface area contributed by atoms with E-state index in [9.17, 15) is 0 Å². The first-order valence-electron chi connectivity index (χ1n) is 16.9. The second-order valence-corrected chi connectivity index (χ2v) is 12.2. The molecule has 0 bridgehead atoms. The zero-order valence-electron chi connectivity index (χ0n) is 29.0. The molecule has 0 saturated heterocycles. The lowest BCUT2D eigenvalue weighted by molar-refractivity contribution is -0.0126. The van der Waals surface area contributed by atoms with E-state index in [1.54, 1.807) is 0 Å². The molecule has 0 saturated carbocycles. The minimum Gasteiger partial charge on any atom is -0.493 e. The van der Waals surface area contributed by atoms with Crippen molar-refractivity contribution in [3.63, 3.8) is 0 Å². The Balaban J connectivity index is 1.04. The van der Waals surface area contributed by atoms with E-state index in [1.165, 1.54) is 0 Å². The molecule has 0 radical (unpaired) electrons. The van der Waals surface area contributed by atoms with Gasteiger partial charge in [0.15, 0.2) is 0 Å². The molecule has 3 aromatic carbocycles. The standard InChI is InChI=1S/C39H51ClN2O6/c1-30-27-34(13-15-36(30)40)39-32(3)35(37-28-31(2)41-42(37)4)14-16-38(39)48-18-10-6-9-17-43-19-20-44-21-22-45-23-24-46-25-26-47-29-33-11-7-5-8-12-33/h5,7-8,11-16,27-28H,6,9-10,17-26,29H2,1-4H3. The average Bonchev–Trinajstić information content (AvgIpc) is 3.42. The fraction of sp³-hybridized carbons (Fsp3) is 0.462. The molecule has 8 nitrogen and oxygen atoms in total. The molecule has 0 aliphatic carbocycles. The summed E-state index contributed by atoms with van der Waals surface area (Å²) >= 11 is 6.36. The molecule has 0 spiro atoms. The Morgan fingerprint density at radius 3 is 1.90 bits per heavy atom. The van der Waals surface area contributed by atoms with Gasteiger partial charge in [-0.15, -0.1) is 0 Å². The van der Waals surface area contributed by atoms with E-state index < -0.39 is 0 Å². The van der Waals surface area contributed by atoms with Crippen LogP contribution in [0.5, 0.6) is 5.75 Å². The molecule has 4 aromatic rings. The second kappa shape index (κ2) is 21.0. The van der Waals surface area contributed by atoms with Crippen LogP contribution in [0.4, 0.5) is 0 Å². The van der Waals surface area contributed by atoms with Crippen molar-refractivity contribution < 1.29 is 28.4 Å². The van der Waals surface area contributed by atoms with Crippen LogP contribution in [0.2, 0.25) is 5.02 Å². The number of halogens is 1. The van der Waals surface area contributed by atoms with Crippen LogP contribution in [0, 0.1) is 20.8 Å². The van der Waals surface area contributed by atoms with Crippen LogP contribution in [0.25, 0.3) is 22.4 Å². The predicted molar refractivity (Wildman–Crippen MR) is 192 cm³/mol. The predicted octanol–water partition coefficient (Wildman–Crippen LogP) is 8.17. The molecule has 1 aromatic heterocycles. The first-order valence-corrected chi connectivity index (χ1v) is 17.3. The highest BCUT2D eigenvalue weighted by atomic mass is 35.5. The average molecular weight is 679 g/mol. The summed E-state index contributed by atoms with van der Waals surface area (Å²) in [5.41, 5.74) is 8.77. The van der Waals surface area contributed by atoms with Gasteiger partial charge in [0, 0.05) is 29.8 Å². The Morgan fingerprint density at radius 1 is 0.646 bits per heavy atom. The number of rotatable bonds is 23. The largest absolute Gasteiger partial charge is 0.493 e. The normalized spacial score (nSPS) is 11.4. The summed E-state index contributed by atoms with van der Waals surface area (Å²) in [6.45, 7) is 12.6. The van der Waals surface area contributed by atoms with Crippen molar-refractivity contribution >= 4 is 11.6 Å². The maximum Gasteiger partial charge on any atom is 0.127 e. The fourth-order valence-electron chi connectivity index (χ4n) is 5.42. The summed E-state index contributed by atoms with van der Waals surface area (Å²) in [4.78, 5) is 0. The van der Waals surface area contributed by atoms with E-state index in [0.717, 1.165) is 74.8 Å². The zero-order chi connectivity index (χ0) is 34.0. The number of hydrogen-bond acceptors (Lipinski definition) is 7. The van der Waals surface area contributed by atoms with Crippen LogP contribution >= 0.6 is 11.6 Å². The number of aromatic nitrogens is 2. The Morgan fingerprint density at radius 2 is 1.27 bits per heavy atom. The van der Waals surface area contributed by atoms with E-state index >= 15 is 0 Å². The van der Waals surface area contributed by atoms with E-state index in [4.69, 9.17) is 40.0 Å². The van der Waals surface area contributed by atoms with E-state index in [0.29, 0.717) is 72.7 Å². The molecule has 1 heterocycles. The molecule has 48 heavy (non-hydrogen) atoms. The van der Waals surface area contributed by atoms with Crippen molar-refractivity contribution in [2.45, 2.75) is 46.6 Å². The Labute approximate surface area is 291 Å². The van der Waals surface area contributed by atoms with Gasteiger partial charge in [-0.3, -0.25) is 4.68 Å². The fourth-order valence-corrected chi connectivity index (χ4v) is 5.53. The molecular formula is C39H51ClN2O6. The minimum absolute atomic E-state index is 0.540. The lowest BCUT2D eigenvalue weighted by Crippen LogP contribution is -2.13.